The summed E-state index contributed by atoms with van der Waals surface area (Å²) in [6.07, 6.45) is -0.909. The molecule has 1 N–H and O–H groups in total. The highest BCUT2D eigenvalue weighted by Crippen LogP contribution is 2.29. The van der Waals surface area contributed by atoms with Gasteiger partial charge in [-0.3, -0.25) is 4.98 Å². The Kier molecular flexibility index (Phi) is 5.36. The molecule has 1 heterocycles. The van der Waals surface area contributed by atoms with E-state index in [1.807, 2.05) is 13.1 Å². The lowest BCUT2D eigenvalue weighted by atomic mass is 10.0. The molecule has 114 valence electrons. The number of thiazole rings is 1. The first-order valence-electron chi connectivity index (χ1n) is 6.76. The topological polar surface area (TPSA) is 24.9 Å². The van der Waals surface area contributed by atoms with E-state index in [0.717, 1.165) is 30.7 Å². The highest BCUT2D eigenvalue weighted by atomic mass is 32.1. The number of nitrogens with one attached hydrogen (secondary N) is 1. The van der Waals surface area contributed by atoms with Crippen LogP contribution in [-0.4, -0.2) is 17.6 Å². The maximum absolute atomic E-state index is 12.5. The van der Waals surface area contributed by atoms with Gasteiger partial charge in [0.05, 0.1) is 11.1 Å². The van der Waals surface area contributed by atoms with Crippen LogP contribution in [0.5, 0.6) is 0 Å². The van der Waals surface area contributed by atoms with Crippen molar-refractivity contribution in [2.75, 3.05) is 6.54 Å². The second-order valence-electron chi connectivity index (χ2n) is 4.83. The van der Waals surface area contributed by atoms with Crippen molar-refractivity contribution in [3.63, 3.8) is 0 Å². The fourth-order valence-corrected chi connectivity index (χ4v) is 2.88. The Morgan fingerprint density at radius 1 is 1.19 bits per heavy atom. The Hall–Kier alpha value is -1.40. The van der Waals surface area contributed by atoms with Crippen molar-refractivity contribution < 1.29 is 13.2 Å². The van der Waals surface area contributed by atoms with E-state index in [1.165, 1.54) is 4.88 Å². The van der Waals surface area contributed by atoms with Crippen molar-refractivity contribution in [3.05, 3.63) is 52.0 Å². The van der Waals surface area contributed by atoms with Gasteiger partial charge in [-0.1, -0.05) is 19.1 Å². The quantitative estimate of drug-likeness (QED) is 0.874. The van der Waals surface area contributed by atoms with Gasteiger partial charge in [-0.25, -0.2) is 0 Å². The van der Waals surface area contributed by atoms with Crippen molar-refractivity contribution in [2.45, 2.75) is 32.0 Å². The van der Waals surface area contributed by atoms with Crippen LogP contribution in [0, 0.1) is 0 Å². The average molecular weight is 314 g/mol. The van der Waals surface area contributed by atoms with Gasteiger partial charge < -0.3 is 5.32 Å². The Bertz CT molecular complexity index is 535. The lowest BCUT2D eigenvalue weighted by molar-refractivity contribution is -0.137. The lowest BCUT2D eigenvalue weighted by Gasteiger charge is -2.17. The largest absolute Gasteiger partial charge is 0.416 e. The van der Waals surface area contributed by atoms with Crippen LogP contribution < -0.4 is 5.32 Å². The minimum absolute atomic E-state index is 0.201. The smallest absolute Gasteiger partial charge is 0.314 e. The number of likely N-dealkylation sites (N-methyl/N-ethyl adjacent to an activating group) is 1. The maximum Gasteiger partial charge on any atom is 0.416 e. The molecule has 0 radical (unpaired) electrons. The van der Waals surface area contributed by atoms with Crippen LogP contribution in [0.25, 0.3) is 0 Å². The molecule has 0 saturated carbocycles. The lowest BCUT2D eigenvalue weighted by Crippen LogP contribution is -2.32. The summed E-state index contributed by atoms with van der Waals surface area (Å²) in [5, 5.41) is 3.37. The SMILES string of the molecule is CCNC(Cc1ccc(C(F)(F)F)cc1)Cc1cncs1. The Morgan fingerprint density at radius 2 is 1.90 bits per heavy atom. The van der Waals surface area contributed by atoms with Crippen LogP contribution in [0.2, 0.25) is 0 Å². The van der Waals surface area contributed by atoms with Gasteiger partial charge in [-0.15, -0.1) is 11.3 Å². The van der Waals surface area contributed by atoms with Crippen molar-refractivity contribution in [2.24, 2.45) is 0 Å². The molecule has 0 aliphatic rings. The predicted molar refractivity (Wildman–Crippen MR) is 78.4 cm³/mol. The summed E-state index contributed by atoms with van der Waals surface area (Å²) in [6.45, 7) is 2.84. The third-order valence-corrected chi connectivity index (χ3v) is 3.99. The summed E-state index contributed by atoms with van der Waals surface area (Å²) >= 11 is 1.59. The summed E-state index contributed by atoms with van der Waals surface area (Å²) in [7, 11) is 0. The molecule has 2 rings (SSSR count). The molecule has 1 atom stereocenters. The van der Waals surface area contributed by atoms with E-state index in [0.29, 0.717) is 6.42 Å². The fraction of sp³-hybridized carbons (Fsp3) is 0.400. The minimum Gasteiger partial charge on any atom is -0.314 e. The van der Waals surface area contributed by atoms with Crippen LogP contribution in [0.1, 0.15) is 22.9 Å². The highest BCUT2D eigenvalue weighted by molar-refractivity contribution is 7.09. The summed E-state index contributed by atoms with van der Waals surface area (Å²) in [6, 6.07) is 5.60. The average Bonchev–Trinajstić information content (AvgIpc) is 2.91. The molecule has 0 aliphatic heterocycles. The normalized spacial score (nSPS) is 13.3. The Balaban J connectivity index is 2.02. The molecule has 1 aromatic carbocycles. The molecule has 0 saturated heterocycles. The predicted octanol–water partition coefficient (Wildman–Crippen LogP) is 3.93. The zero-order valence-electron chi connectivity index (χ0n) is 11.7. The molecule has 0 amide bonds. The first-order valence-corrected chi connectivity index (χ1v) is 7.64. The number of aromatic nitrogens is 1. The van der Waals surface area contributed by atoms with E-state index >= 15 is 0 Å². The maximum atomic E-state index is 12.5. The van der Waals surface area contributed by atoms with Gasteiger partial charge in [0.25, 0.3) is 0 Å². The molecule has 2 nitrogen and oxygen atoms in total. The van der Waals surface area contributed by atoms with Gasteiger partial charge in [0.2, 0.25) is 0 Å². The van der Waals surface area contributed by atoms with Gasteiger partial charge in [-0.05, 0) is 37.1 Å². The third-order valence-electron chi connectivity index (χ3n) is 3.19. The molecule has 0 aliphatic carbocycles. The van der Waals surface area contributed by atoms with E-state index in [4.69, 9.17) is 0 Å². The molecular formula is C15H17F3N2S. The molecule has 0 spiro atoms. The number of nitrogens with zero attached hydrogens (tertiary/aromatic N) is 1. The van der Waals surface area contributed by atoms with Crippen LogP contribution in [0.3, 0.4) is 0 Å². The van der Waals surface area contributed by atoms with Crippen molar-refractivity contribution in [1.82, 2.24) is 10.3 Å². The van der Waals surface area contributed by atoms with E-state index in [9.17, 15) is 13.2 Å². The number of hydrogen-bond acceptors (Lipinski definition) is 3. The third kappa shape index (κ3) is 4.82. The van der Waals surface area contributed by atoms with Crippen molar-refractivity contribution in [1.29, 1.82) is 0 Å². The molecule has 0 fully saturated rings. The molecule has 1 unspecified atom stereocenters. The molecule has 0 bridgehead atoms. The summed E-state index contributed by atoms with van der Waals surface area (Å²) in [5.74, 6) is 0. The summed E-state index contributed by atoms with van der Waals surface area (Å²) in [4.78, 5) is 5.22. The second kappa shape index (κ2) is 7.04. The summed E-state index contributed by atoms with van der Waals surface area (Å²) < 4.78 is 37.6. The van der Waals surface area contributed by atoms with Crippen molar-refractivity contribution >= 4 is 11.3 Å². The first-order chi connectivity index (χ1) is 9.99. The molecule has 21 heavy (non-hydrogen) atoms. The fourth-order valence-electron chi connectivity index (χ4n) is 2.21. The first kappa shape index (κ1) is 16.0. The minimum atomic E-state index is -4.28. The van der Waals surface area contributed by atoms with E-state index in [1.54, 1.807) is 29.0 Å². The molecule has 6 heteroatoms. The highest BCUT2D eigenvalue weighted by Gasteiger charge is 2.29. The second-order valence-corrected chi connectivity index (χ2v) is 5.80. The zero-order valence-corrected chi connectivity index (χ0v) is 12.5. The van der Waals surface area contributed by atoms with Gasteiger partial charge in [-0.2, -0.15) is 13.2 Å². The van der Waals surface area contributed by atoms with E-state index < -0.39 is 11.7 Å². The molecular weight excluding hydrogens is 297 g/mol. The van der Waals surface area contributed by atoms with Gasteiger partial charge in [0.15, 0.2) is 0 Å². The monoisotopic (exact) mass is 314 g/mol. The van der Waals surface area contributed by atoms with Gasteiger partial charge >= 0.3 is 6.18 Å². The van der Waals surface area contributed by atoms with E-state index in [2.05, 4.69) is 10.3 Å². The molecule has 2 aromatic rings. The number of alkyl halides is 3. The number of halogens is 3. The van der Waals surface area contributed by atoms with Gasteiger partial charge in [0.1, 0.15) is 0 Å². The number of hydrogen-bond donors (Lipinski definition) is 1. The standard InChI is InChI=1S/C15H17F3N2S/c1-2-20-13(8-14-9-19-10-21-14)7-11-3-5-12(6-4-11)15(16,17)18/h3-6,9-10,13,20H,2,7-8H2,1H3. The Morgan fingerprint density at radius 3 is 2.43 bits per heavy atom. The van der Waals surface area contributed by atoms with E-state index in [-0.39, 0.29) is 6.04 Å². The van der Waals surface area contributed by atoms with Crippen molar-refractivity contribution in [3.8, 4) is 0 Å². The zero-order chi connectivity index (χ0) is 15.3. The Labute approximate surface area is 126 Å². The molecule has 1 aromatic heterocycles. The van der Waals surface area contributed by atoms with Crippen LogP contribution in [0.4, 0.5) is 13.2 Å². The van der Waals surface area contributed by atoms with Crippen LogP contribution >= 0.6 is 11.3 Å². The van der Waals surface area contributed by atoms with Gasteiger partial charge in [0, 0.05) is 17.1 Å². The van der Waals surface area contributed by atoms with Crippen LogP contribution in [-0.2, 0) is 19.0 Å². The van der Waals surface area contributed by atoms with Crippen LogP contribution in [0.15, 0.2) is 36.0 Å². The summed E-state index contributed by atoms with van der Waals surface area (Å²) in [5.41, 5.74) is 2.09. The number of benzene rings is 1. The number of rotatable bonds is 6.